The summed E-state index contributed by atoms with van der Waals surface area (Å²) in [6.07, 6.45) is 1.75. The minimum absolute atomic E-state index is 0. The molecule has 1 atom stereocenters. The van der Waals surface area contributed by atoms with Crippen molar-refractivity contribution in [2.75, 3.05) is 0 Å². The van der Waals surface area contributed by atoms with Gasteiger partial charge in [0.1, 0.15) is 0 Å². The second kappa shape index (κ2) is 19.9. The van der Waals surface area contributed by atoms with E-state index in [1.54, 1.807) is 6.42 Å². The summed E-state index contributed by atoms with van der Waals surface area (Å²) in [6.45, 7) is 5.25. The quantitative estimate of drug-likeness (QED) is 0.337. The van der Waals surface area contributed by atoms with E-state index in [0.717, 1.165) is 0 Å². The molecule has 1 unspecified atom stereocenters. The van der Waals surface area contributed by atoms with E-state index in [2.05, 4.69) is 6.92 Å². The molecule has 0 bridgehead atoms. The predicted molar refractivity (Wildman–Crippen MR) is 26.4 cm³/mol. The Kier molecular flexibility index (Phi) is 66.3. The average molecular weight is 127 g/mol. The summed E-state index contributed by atoms with van der Waals surface area (Å²) in [5, 5.41) is 0. The standard InChI is InChI=1S/C3H6.H3P.V/c1-3-2;;/h3H,1H2,2H3;1H3;/q-1;;. The molecule has 0 aliphatic rings. The van der Waals surface area contributed by atoms with E-state index < -0.39 is 0 Å². The van der Waals surface area contributed by atoms with Crippen LogP contribution in [0.3, 0.4) is 0 Å². The van der Waals surface area contributed by atoms with Gasteiger partial charge in [-0.25, -0.2) is 0 Å². The van der Waals surface area contributed by atoms with Crippen molar-refractivity contribution < 1.29 is 18.6 Å². The Morgan fingerprint density at radius 2 is 1.60 bits per heavy atom. The van der Waals surface area contributed by atoms with Gasteiger partial charge in [0.15, 0.2) is 0 Å². The van der Waals surface area contributed by atoms with Gasteiger partial charge in [0.2, 0.25) is 0 Å². The molecule has 0 nitrogen and oxygen atoms in total. The summed E-state index contributed by atoms with van der Waals surface area (Å²) in [4.78, 5) is 0. The largest absolute Gasteiger partial charge is 0.343 e. The van der Waals surface area contributed by atoms with Crippen molar-refractivity contribution in [3.05, 3.63) is 13.3 Å². The van der Waals surface area contributed by atoms with Crippen LogP contribution in [0.1, 0.15) is 6.92 Å². The normalized spacial score (nSPS) is 3.60. The van der Waals surface area contributed by atoms with Crippen molar-refractivity contribution >= 4 is 9.90 Å². The molecule has 0 aliphatic carbocycles. The van der Waals surface area contributed by atoms with Crippen molar-refractivity contribution in [1.82, 2.24) is 0 Å². The first-order valence-electron chi connectivity index (χ1n) is 0.986. The molecule has 0 rings (SSSR count). The van der Waals surface area contributed by atoms with Crippen molar-refractivity contribution in [1.29, 1.82) is 0 Å². The summed E-state index contributed by atoms with van der Waals surface area (Å²) >= 11 is 0. The molecule has 0 aliphatic heterocycles. The predicted octanol–water partition coefficient (Wildman–Crippen LogP) is 1.10. The monoisotopic (exact) mass is 127 g/mol. The maximum absolute atomic E-state index is 3.36. The molecule has 0 saturated heterocycles. The van der Waals surface area contributed by atoms with Crippen LogP contribution in [-0.4, -0.2) is 0 Å². The van der Waals surface area contributed by atoms with Gasteiger partial charge in [0, 0.05) is 18.6 Å². The molecule has 0 aromatic heterocycles. The number of hydrogen-bond acceptors (Lipinski definition) is 0. The van der Waals surface area contributed by atoms with Gasteiger partial charge < -0.3 is 6.92 Å². The topological polar surface area (TPSA) is 0 Å². The Bertz CT molecular complexity index is 6.85. The second-order valence-corrected chi connectivity index (χ2v) is 0.408. The molecule has 0 saturated carbocycles. The molecule has 0 aromatic rings. The van der Waals surface area contributed by atoms with E-state index in [0.29, 0.717) is 0 Å². The van der Waals surface area contributed by atoms with Crippen molar-refractivity contribution in [3.8, 4) is 0 Å². The Morgan fingerprint density at radius 3 is 1.60 bits per heavy atom. The van der Waals surface area contributed by atoms with Crippen LogP contribution in [0.4, 0.5) is 0 Å². The van der Waals surface area contributed by atoms with Gasteiger partial charge in [-0.15, -0.1) is 0 Å². The van der Waals surface area contributed by atoms with Gasteiger partial charge in [0.05, 0.1) is 0 Å². The maximum atomic E-state index is 3.36. The Hall–Kier alpha value is 1.01. The van der Waals surface area contributed by atoms with Crippen LogP contribution in [0.2, 0.25) is 0 Å². The maximum Gasteiger partial charge on any atom is 0 e. The van der Waals surface area contributed by atoms with Crippen LogP contribution >= 0.6 is 9.90 Å². The van der Waals surface area contributed by atoms with Crippen LogP contribution in [-0.2, 0) is 18.6 Å². The van der Waals surface area contributed by atoms with Crippen LogP contribution in [0.25, 0.3) is 0 Å². The van der Waals surface area contributed by atoms with Crippen molar-refractivity contribution in [2.24, 2.45) is 0 Å². The van der Waals surface area contributed by atoms with E-state index in [1.165, 1.54) is 0 Å². The van der Waals surface area contributed by atoms with E-state index in [9.17, 15) is 0 Å². The van der Waals surface area contributed by atoms with E-state index in [-0.39, 0.29) is 28.5 Å². The minimum Gasteiger partial charge on any atom is -0.343 e. The fraction of sp³-hybridized carbons (Fsp3) is 0.333. The van der Waals surface area contributed by atoms with Gasteiger partial charge in [-0.3, -0.25) is 0 Å². The summed E-state index contributed by atoms with van der Waals surface area (Å²) in [5.74, 6) is 0. The molecule has 0 N–H and O–H groups in total. The smallest absolute Gasteiger partial charge is 0 e. The zero-order valence-electron chi connectivity index (χ0n) is 3.44. The molecule has 0 aromatic carbocycles. The van der Waals surface area contributed by atoms with Gasteiger partial charge in [-0.2, -0.15) is 16.3 Å². The number of rotatable bonds is 0. The summed E-state index contributed by atoms with van der Waals surface area (Å²) in [5.41, 5.74) is 0. The average Bonchev–Trinajstić information content (AvgIpc) is 0.918. The Morgan fingerprint density at radius 1 is 1.60 bits per heavy atom. The molecule has 0 fully saturated rings. The van der Waals surface area contributed by atoms with Gasteiger partial charge in [0.25, 0.3) is 0 Å². The van der Waals surface area contributed by atoms with Crippen molar-refractivity contribution in [3.63, 3.8) is 0 Å². The van der Waals surface area contributed by atoms with E-state index in [1.807, 2.05) is 6.92 Å². The minimum atomic E-state index is 0. The first-order valence-corrected chi connectivity index (χ1v) is 0.986. The molecule has 32 valence electrons. The summed E-state index contributed by atoms with van der Waals surface area (Å²) in [6, 6.07) is 0. The van der Waals surface area contributed by atoms with Gasteiger partial charge in [-0.05, 0) is 0 Å². The van der Waals surface area contributed by atoms with Crippen LogP contribution in [0, 0.1) is 13.3 Å². The molecule has 0 spiro atoms. The molecule has 2 radical (unpaired) electrons. The summed E-state index contributed by atoms with van der Waals surface area (Å²) in [7, 11) is 0. The van der Waals surface area contributed by atoms with Crippen molar-refractivity contribution in [2.45, 2.75) is 6.92 Å². The summed E-state index contributed by atoms with van der Waals surface area (Å²) < 4.78 is 0. The molecular weight excluding hydrogens is 118 g/mol. The zero-order chi connectivity index (χ0) is 2.71. The van der Waals surface area contributed by atoms with Gasteiger partial charge >= 0.3 is 0 Å². The van der Waals surface area contributed by atoms with E-state index in [4.69, 9.17) is 0 Å². The molecule has 5 heavy (non-hydrogen) atoms. The third kappa shape index (κ3) is 44.3. The third-order valence-corrected chi connectivity index (χ3v) is 0. The molecular formula is C3H9PV-. The molecule has 0 heterocycles. The first-order chi connectivity index (χ1) is 1.41. The molecule has 2 heteroatoms. The van der Waals surface area contributed by atoms with Gasteiger partial charge in [-0.1, -0.05) is 6.92 Å². The third-order valence-electron chi connectivity index (χ3n) is 0. The Labute approximate surface area is 49.2 Å². The fourth-order valence-electron chi connectivity index (χ4n) is 0. The zero-order valence-corrected chi connectivity index (χ0v) is 6.25. The second-order valence-electron chi connectivity index (χ2n) is 0.408. The SMILES string of the molecule is P.[CH2-][CH]C.[V]. The van der Waals surface area contributed by atoms with E-state index >= 15 is 0 Å². The van der Waals surface area contributed by atoms with Crippen LogP contribution in [0.5, 0.6) is 0 Å². The van der Waals surface area contributed by atoms with Crippen LogP contribution in [0.15, 0.2) is 0 Å². The Balaban J connectivity index is -0.0000000200. The number of hydrogen-bond donors (Lipinski definition) is 0. The molecule has 0 amide bonds. The van der Waals surface area contributed by atoms with Crippen LogP contribution < -0.4 is 0 Å². The fourth-order valence-corrected chi connectivity index (χ4v) is 0. The first kappa shape index (κ1) is 16.6.